The summed E-state index contributed by atoms with van der Waals surface area (Å²) in [6.07, 6.45) is 2.96. The zero-order chi connectivity index (χ0) is 13.0. The number of amides is 1. The van der Waals surface area contributed by atoms with E-state index in [1.807, 2.05) is 6.07 Å². The number of hydrogen-bond donors (Lipinski definition) is 2. The maximum Gasteiger partial charge on any atom is 0.237 e. The van der Waals surface area contributed by atoms with Gasteiger partial charge in [-0.05, 0) is 50.8 Å². The highest BCUT2D eigenvalue weighted by atomic mass is 35.5. The van der Waals surface area contributed by atoms with E-state index in [0.717, 1.165) is 25.8 Å². The molecule has 2 rings (SSSR count). The molecule has 1 aromatic rings. The molecule has 1 unspecified atom stereocenters. The van der Waals surface area contributed by atoms with E-state index in [-0.39, 0.29) is 30.4 Å². The van der Waals surface area contributed by atoms with E-state index < -0.39 is 0 Å². The van der Waals surface area contributed by atoms with Crippen LogP contribution < -0.4 is 10.6 Å². The molecule has 0 saturated carbocycles. The maximum atomic E-state index is 12.0. The van der Waals surface area contributed by atoms with Crippen LogP contribution in [0.25, 0.3) is 0 Å². The number of carbonyl (C=O) groups excluding carboxylic acids is 1. The van der Waals surface area contributed by atoms with E-state index in [0.29, 0.717) is 0 Å². The molecule has 1 aliphatic heterocycles. The van der Waals surface area contributed by atoms with Gasteiger partial charge in [0.05, 0.1) is 6.04 Å². The Hall–Kier alpha value is -1.06. The van der Waals surface area contributed by atoms with E-state index in [1.54, 1.807) is 0 Å². The molecule has 0 aromatic heterocycles. The molecule has 1 amide bonds. The summed E-state index contributed by atoms with van der Waals surface area (Å²) < 4.78 is 0. The maximum absolute atomic E-state index is 12.0. The van der Waals surface area contributed by atoms with Gasteiger partial charge < -0.3 is 10.6 Å². The molecule has 4 heteroatoms. The Morgan fingerprint density at radius 3 is 2.84 bits per heavy atom. The standard InChI is InChI=1S/C15H22N2O.ClH/c1-11-6-3-4-7-13(11)10-12(2)17-15(18)14-8-5-9-16-14;/h3-4,6-7,12,14,16H,5,8-10H2,1-2H3,(H,17,18);1H/t12?,14-;/m0./s1. The van der Waals surface area contributed by atoms with Crippen LogP contribution in [0.5, 0.6) is 0 Å². The summed E-state index contributed by atoms with van der Waals surface area (Å²) in [4.78, 5) is 12.0. The lowest BCUT2D eigenvalue weighted by Gasteiger charge is -2.18. The number of benzene rings is 1. The molecule has 0 aliphatic carbocycles. The molecule has 1 aromatic carbocycles. The van der Waals surface area contributed by atoms with Crippen LogP contribution >= 0.6 is 12.4 Å². The molecule has 106 valence electrons. The molecule has 0 bridgehead atoms. The van der Waals surface area contributed by atoms with Crippen molar-refractivity contribution in [2.75, 3.05) is 6.54 Å². The molecule has 2 atom stereocenters. The van der Waals surface area contributed by atoms with Crippen LogP contribution in [-0.4, -0.2) is 24.5 Å². The Morgan fingerprint density at radius 2 is 2.21 bits per heavy atom. The zero-order valence-electron chi connectivity index (χ0n) is 11.6. The highest BCUT2D eigenvalue weighted by Crippen LogP contribution is 2.10. The van der Waals surface area contributed by atoms with Crippen LogP contribution in [0.4, 0.5) is 0 Å². The number of carbonyl (C=O) groups is 1. The van der Waals surface area contributed by atoms with E-state index >= 15 is 0 Å². The third-order valence-electron chi connectivity index (χ3n) is 3.55. The average Bonchev–Trinajstić information content (AvgIpc) is 2.85. The van der Waals surface area contributed by atoms with Crippen LogP contribution in [0.2, 0.25) is 0 Å². The van der Waals surface area contributed by atoms with Gasteiger partial charge in [0.2, 0.25) is 5.91 Å². The average molecular weight is 283 g/mol. The minimum absolute atomic E-state index is 0. The molecule has 0 radical (unpaired) electrons. The highest BCUT2D eigenvalue weighted by Gasteiger charge is 2.22. The van der Waals surface area contributed by atoms with Gasteiger partial charge in [-0.15, -0.1) is 12.4 Å². The molecular weight excluding hydrogens is 260 g/mol. The fraction of sp³-hybridized carbons (Fsp3) is 0.533. The predicted octanol–water partition coefficient (Wildman–Crippen LogP) is 2.22. The normalized spacial score (nSPS) is 19.6. The van der Waals surface area contributed by atoms with Gasteiger partial charge >= 0.3 is 0 Å². The van der Waals surface area contributed by atoms with Gasteiger partial charge in [0, 0.05) is 6.04 Å². The van der Waals surface area contributed by atoms with Crippen LogP contribution in [0, 0.1) is 6.92 Å². The molecule has 3 nitrogen and oxygen atoms in total. The summed E-state index contributed by atoms with van der Waals surface area (Å²) in [7, 11) is 0. The first-order valence-electron chi connectivity index (χ1n) is 6.75. The largest absolute Gasteiger partial charge is 0.352 e. The molecule has 2 N–H and O–H groups in total. The summed E-state index contributed by atoms with van der Waals surface area (Å²) in [6.45, 7) is 5.14. The van der Waals surface area contributed by atoms with Crippen LogP contribution in [0.1, 0.15) is 30.9 Å². The first-order chi connectivity index (χ1) is 8.66. The quantitative estimate of drug-likeness (QED) is 0.889. The third-order valence-corrected chi connectivity index (χ3v) is 3.55. The first-order valence-corrected chi connectivity index (χ1v) is 6.75. The number of aryl methyl sites for hydroxylation is 1. The SMILES string of the molecule is Cc1ccccc1CC(C)NC(=O)[C@@H]1CCCN1.Cl. The smallest absolute Gasteiger partial charge is 0.237 e. The van der Waals surface area contributed by atoms with E-state index in [9.17, 15) is 4.79 Å². The van der Waals surface area contributed by atoms with Crippen LogP contribution in [0.15, 0.2) is 24.3 Å². The summed E-state index contributed by atoms with van der Waals surface area (Å²) >= 11 is 0. The summed E-state index contributed by atoms with van der Waals surface area (Å²) in [5.41, 5.74) is 2.60. The molecule has 19 heavy (non-hydrogen) atoms. The summed E-state index contributed by atoms with van der Waals surface area (Å²) in [6, 6.07) is 8.54. The van der Waals surface area contributed by atoms with Gasteiger partial charge in [0.1, 0.15) is 0 Å². The fourth-order valence-electron chi connectivity index (χ4n) is 2.47. The van der Waals surface area contributed by atoms with Gasteiger partial charge in [-0.3, -0.25) is 4.79 Å². The topological polar surface area (TPSA) is 41.1 Å². The second-order valence-corrected chi connectivity index (χ2v) is 5.19. The van der Waals surface area contributed by atoms with Gasteiger partial charge in [-0.25, -0.2) is 0 Å². The monoisotopic (exact) mass is 282 g/mol. The Labute approximate surface area is 121 Å². The Kier molecular flexibility index (Phi) is 6.32. The second kappa shape index (κ2) is 7.51. The lowest BCUT2D eigenvalue weighted by atomic mass is 10.0. The van der Waals surface area contributed by atoms with Crippen molar-refractivity contribution in [2.24, 2.45) is 0 Å². The fourth-order valence-corrected chi connectivity index (χ4v) is 2.47. The number of halogens is 1. The minimum atomic E-state index is 0. The lowest BCUT2D eigenvalue weighted by Crippen LogP contribution is -2.44. The van der Waals surface area contributed by atoms with E-state index in [4.69, 9.17) is 0 Å². The van der Waals surface area contributed by atoms with Gasteiger partial charge in [0.25, 0.3) is 0 Å². The number of rotatable bonds is 4. The van der Waals surface area contributed by atoms with Crippen molar-refractivity contribution in [2.45, 2.75) is 45.2 Å². The highest BCUT2D eigenvalue weighted by molar-refractivity contribution is 5.85. The van der Waals surface area contributed by atoms with Crippen LogP contribution in [0.3, 0.4) is 0 Å². The molecule has 1 fully saturated rings. The molecule has 1 heterocycles. The minimum Gasteiger partial charge on any atom is -0.352 e. The summed E-state index contributed by atoms with van der Waals surface area (Å²) in [5, 5.41) is 6.32. The van der Waals surface area contributed by atoms with Gasteiger partial charge in [0.15, 0.2) is 0 Å². The molecule has 1 aliphatic rings. The summed E-state index contributed by atoms with van der Waals surface area (Å²) in [5.74, 6) is 0.147. The van der Waals surface area contributed by atoms with Crippen molar-refractivity contribution in [3.63, 3.8) is 0 Å². The lowest BCUT2D eigenvalue weighted by molar-refractivity contribution is -0.123. The van der Waals surface area contributed by atoms with Gasteiger partial charge in [-0.1, -0.05) is 24.3 Å². The number of hydrogen-bond acceptors (Lipinski definition) is 2. The molecular formula is C15H23ClN2O. The van der Waals surface area contributed by atoms with Crippen molar-refractivity contribution in [1.29, 1.82) is 0 Å². The molecule has 0 spiro atoms. The van der Waals surface area contributed by atoms with Gasteiger partial charge in [-0.2, -0.15) is 0 Å². The Morgan fingerprint density at radius 1 is 1.47 bits per heavy atom. The van der Waals surface area contributed by atoms with Crippen molar-refractivity contribution < 1.29 is 4.79 Å². The number of nitrogens with one attached hydrogen (secondary N) is 2. The Balaban J connectivity index is 0.00000180. The zero-order valence-corrected chi connectivity index (χ0v) is 12.4. The van der Waals surface area contributed by atoms with Crippen LogP contribution in [-0.2, 0) is 11.2 Å². The van der Waals surface area contributed by atoms with E-state index in [1.165, 1.54) is 11.1 Å². The van der Waals surface area contributed by atoms with Crippen molar-refractivity contribution in [3.8, 4) is 0 Å². The van der Waals surface area contributed by atoms with Crippen molar-refractivity contribution in [3.05, 3.63) is 35.4 Å². The Bertz CT molecular complexity index is 416. The second-order valence-electron chi connectivity index (χ2n) is 5.19. The molecule has 1 saturated heterocycles. The van der Waals surface area contributed by atoms with E-state index in [2.05, 4.69) is 42.7 Å². The van der Waals surface area contributed by atoms with Crippen molar-refractivity contribution in [1.82, 2.24) is 10.6 Å². The third kappa shape index (κ3) is 4.51. The van der Waals surface area contributed by atoms with Crippen molar-refractivity contribution >= 4 is 18.3 Å². The predicted molar refractivity (Wildman–Crippen MR) is 80.8 cm³/mol. The first kappa shape index (κ1) is 16.0.